The van der Waals surface area contributed by atoms with E-state index in [1.807, 2.05) is 6.92 Å². The molecule has 1 fully saturated rings. The lowest BCUT2D eigenvalue weighted by molar-refractivity contribution is -0.149. The van der Waals surface area contributed by atoms with E-state index >= 15 is 0 Å². The third-order valence-electron chi connectivity index (χ3n) is 3.97. The first-order valence-electron chi connectivity index (χ1n) is 8.07. The zero-order valence-corrected chi connectivity index (χ0v) is 14.0. The van der Waals surface area contributed by atoms with Gasteiger partial charge in [0.15, 0.2) is 5.54 Å². The monoisotopic (exact) mass is 338 g/mol. The van der Waals surface area contributed by atoms with Crippen LogP contribution in [0, 0.1) is 5.82 Å². The van der Waals surface area contributed by atoms with E-state index in [1.165, 1.54) is 19.2 Å². The third kappa shape index (κ3) is 4.03. The molecule has 1 aliphatic heterocycles. The number of nitrogens with one attached hydrogen (secondary N) is 2. The molecule has 0 aliphatic carbocycles. The lowest BCUT2D eigenvalue weighted by Crippen LogP contribution is -2.48. The van der Waals surface area contributed by atoms with Crippen molar-refractivity contribution in [2.75, 3.05) is 32.2 Å². The average molecular weight is 338 g/mol. The first-order valence-corrected chi connectivity index (χ1v) is 8.07. The van der Waals surface area contributed by atoms with Gasteiger partial charge < -0.3 is 20.1 Å². The molecule has 1 saturated heterocycles. The Morgan fingerprint density at radius 3 is 2.79 bits per heavy atom. The number of esters is 1. The van der Waals surface area contributed by atoms with Gasteiger partial charge in [-0.15, -0.1) is 0 Å². The van der Waals surface area contributed by atoms with Crippen LogP contribution in [0.3, 0.4) is 0 Å². The molecule has 24 heavy (non-hydrogen) atoms. The van der Waals surface area contributed by atoms with E-state index < -0.39 is 23.2 Å². The second kappa shape index (κ2) is 8.10. The lowest BCUT2D eigenvalue weighted by atomic mass is 9.98. The lowest BCUT2D eigenvalue weighted by Gasteiger charge is -2.27. The Balaban J connectivity index is 2.14. The Morgan fingerprint density at radius 1 is 1.42 bits per heavy atom. The van der Waals surface area contributed by atoms with Crippen LogP contribution < -0.4 is 10.6 Å². The molecule has 0 spiro atoms. The molecule has 1 unspecified atom stereocenters. The molecule has 1 heterocycles. The quantitative estimate of drug-likeness (QED) is 0.588. The molecule has 1 amide bonds. The van der Waals surface area contributed by atoms with Crippen LogP contribution in [0.25, 0.3) is 0 Å². The van der Waals surface area contributed by atoms with E-state index in [9.17, 15) is 14.0 Å². The second-order valence-corrected chi connectivity index (χ2v) is 5.77. The van der Waals surface area contributed by atoms with Crippen molar-refractivity contribution >= 4 is 17.6 Å². The summed E-state index contributed by atoms with van der Waals surface area (Å²) in [7, 11) is 1.44. The van der Waals surface area contributed by atoms with Crippen molar-refractivity contribution in [2.24, 2.45) is 0 Å². The maximum atomic E-state index is 14.1. The molecule has 7 heteroatoms. The zero-order valence-electron chi connectivity index (χ0n) is 14.0. The van der Waals surface area contributed by atoms with Gasteiger partial charge in [-0.3, -0.25) is 4.79 Å². The Hall–Kier alpha value is -2.15. The van der Waals surface area contributed by atoms with Crippen LogP contribution in [0.5, 0.6) is 0 Å². The van der Waals surface area contributed by atoms with Gasteiger partial charge in [0.05, 0.1) is 18.8 Å². The van der Waals surface area contributed by atoms with Gasteiger partial charge >= 0.3 is 5.97 Å². The van der Waals surface area contributed by atoms with E-state index in [4.69, 9.17) is 9.47 Å². The average Bonchev–Trinajstić information content (AvgIpc) is 3.04. The smallest absolute Gasteiger partial charge is 0.334 e. The number of rotatable bonds is 7. The summed E-state index contributed by atoms with van der Waals surface area (Å²) in [5.74, 6) is -1.56. The van der Waals surface area contributed by atoms with Crippen LogP contribution in [-0.4, -0.2) is 44.3 Å². The van der Waals surface area contributed by atoms with Crippen LogP contribution in [0.4, 0.5) is 10.1 Å². The van der Waals surface area contributed by atoms with Crippen molar-refractivity contribution < 1.29 is 23.5 Å². The summed E-state index contributed by atoms with van der Waals surface area (Å²) in [6.07, 6.45) is 2.16. The number of anilines is 1. The topological polar surface area (TPSA) is 76.7 Å². The van der Waals surface area contributed by atoms with Crippen molar-refractivity contribution in [1.82, 2.24) is 5.32 Å². The minimum atomic E-state index is -1.02. The van der Waals surface area contributed by atoms with Crippen molar-refractivity contribution in [3.8, 4) is 0 Å². The standard InChI is InChI=1S/C17H23FN2O4/c1-3-4-8-24-16(22)17(7-9-23-11-17)20-12-5-6-13(14(18)10-12)15(21)19-2/h5-6,10,20H,3-4,7-9,11H2,1-2H3,(H,19,21). The Morgan fingerprint density at radius 2 is 2.21 bits per heavy atom. The molecule has 2 N–H and O–H groups in total. The highest BCUT2D eigenvalue weighted by molar-refractivity contribution is 5.94. The molecule has 132 valence electrons. The third-order valence-corrected chi connectivity index (χ3v) is 3.97. The molecule has 1 aromatic rings. The van der Waals surface area contributed by atoms with Gasteiger partial charge in [-0.05, 0) is 24.6 Å². The largest absolute Gasteiger partial charge is 0.464 e. The van der Waals surface area contributed by atoms with Gasteiger partial charge in [0.25, 0.3) is 5.91 Å². The van der Waals surface area contributed by atoms with Gasteiger partial charge in [-0.1, -0.05) is 13.3 Å². The summed E-state index contributed by atoms with van der Waals surface area (Å²) in [6, 6.07) is 4.14. The summed E-state index contributed by atoms with van der Waals surface area (Å²) in [6.45, 7) is 2.95. The van der Waals surface area contributed by atoms with Crippen LogP contribution >= 0.6 is 0 Å². The van der Waals surface area contributed by atoms with Crippen LogP contribution in [-0.2, 0) is 14.3 Å². The van der Waals surface area contributed by atoms with E-state index in [-0.39, 0.29) is 12.2 Å². The maximum absolute atomic E-state index is 14.1. The summed E-state index contributed by atoms with van der Waals surface area (Å²) in [5.41, 5.74) is -0.669. The molecule has 0 bridgehead atoms. The van der Waals surface area contributed by atoms with E-state index in [0.29, 0.717) is 25.3 Å². The highest BCUT2D eigenvalue weighted by Crippen LogP contribution is 2.27. The highest BCUT2D eigenvalue weighted by atomic mass is 19.1. The SMILES string of the molecule is CCCCOC(=O)C1(Nc2ccc(C(=O)NC)c(F)c2)CCOC1. The first kappa shape index (κ1) is 18.2. The summed E-state index contributed by atoms with van der Waals surface area (Å²) in [4.78, 5) is 24.0. The normalized spacial score (nSPS) is 19.8. The fraction of sp³-hybridized carbons (Fsp3) is 0.529. The number of unbranched alkanes of at least 4 members (excludes halogenated alkanes) is 1. The van der Waals surface area contributed by atoms with Crippen molar-refractivity contribution in [3.63, 3.8) is 0 Å². The minimum absolute atomic E-state index is 0.0507. The van der Waals surface area contributed by atoms with Crippen LogP contribution in [0.1, 0.15) is 36.5 Å². The van der Waals surface area contributed by atoms with Gasteiger partial charge in [-0.2, -0.15) is 0 Å². The summed E-state index contributed by atoms with van der Waals surface area (Å²) < 4.78 is 24.7. The first-order chi connectivity index (χ1) is 11.5. The van der Waals surface area contributed by atoms with Gasteiger partial charge in [0.1, 0.15) is 5.82 Å². The summed E-state index contributed by atoms with van der Waals surface area (Å²) >= 11 is 0. The molecular weight excluding hydrogens is 315 g/mol. The molecule has 1 atom stereocenters. The van der Waals surface area contributed by atoms with Gasteiger partial charge in [0, 0.05) is 25.8 Å². The number of carbonyl (C=O) groups is 2. The van der Waals surface area contributed by atoms with E-state index in [0.717, 1.165) is 12.8 Å². The minimum Gasteiger partial charge on any atom is -0.464 e. The van der Waals surface area contributed by atoms with Crippen molar-refractivity contribution in [2.45, 2.75) is 31.7 Å². The summed E-state index contributed by atoms with van der Waals surface area (Å²) in [5, 5.41) is 5.41. The number of carbonyl (C=O) groups excluding carboxylic acids is 2. The predicted molar refractivity (Wildman–Crippen MR) is 87.4 cm³/mol. The number of benzene rings is 1. The second-order valence-electron chi connectivity index (χ2n) is 5.77. The number of hydrogen-bond donors (Lipinski definition) is 2. The Labute approximate surface area is 140 Å². The maximum Gasteiger partial charge on any atom is 0.334 e. The van der Waals surface area contributed by atoms with Gasteiger partial charge in [-0.25, -0.2) is 9.18 Å². The zero-order chi connectivity index (χ0) is 17.6. The number of halogens is 1. The molecule has 1 aromatic carbocycles. The molecule has 2 rings (SSSR count). The van der Waals surface area contributed by atoms with Gasteiger partial charge in [0.2, 0.25) is 0 Å². The van der Waals surface area contributed by atoms with Crippen LogP contribution in [0.15, 0.2) is 18.2 Å². The molecule has 1 aliphatic rings. The molecule has 6 nitrogen and oxygen atoms in total. The van der Waals surface area contributed by atoms with E-state index in [2.05, 4.69) is 10.6 Å². The molecule has 0 saturated carbocycles. The highest BCUT2D eigenvalue weighted by Gasteiger charge is 2.44. The number of hydrogen-bond acceptors (Lipinski definition) is 5. The Bertz CT molecular complexity index is 600. The van der Waals surface area contributed by atoms with E-state index in [1.54, 1.807) is 6.07 Å². The predicted octanol–water partition coefficient (Wildman–Crippen LogP) is 2.10. The molecular formula is C17H23FN2O4. The fourth-order valence-corrected chi connectivity index (χ4v) is 2.51. The van der Waals surface area contributed by atoms with Crippen LogP contribution in [0.2, 0.25) is 0 Å². The number of ether oxygens (including phenoxy) is 2. The van der Waals surface area contributed by atoms with Crippen molar-refractivity contribution in [3.05, 3.63) is 29.6 Å². The Kier molecular flexibility index (Phi) is 6.14. The molecule has 0 aromatic heterocycles. The molecule has 0 radical (unpaired) electrons. The van der Waals surface area contributed by atoms with Crippen molar-refractivity contribution in [1.29, 1.82) is 0 Å². The number of amides is 1. The fourth-order valence-electron chi connectivity index (χ4n) is 2.51.